The molecule has 1 aromatic heterocycles. The van der Waals surface area contributed by atoms with E-state index in [4.69, 9.17) is 18.6 Å². The lowest BCUT2D eigenvalue weighted by atomic mass is 10.00. The Hall–Kier alpha value is -2.81. The zero-order valence-corrected chi connectivity index (χ0v) is 17.8. The largest absolute Gasteiger partial charge is 0.481 e. The fourth-order valence-corrected chi connectivity index (χ4v) is 3.26. The highest BCUT2D eigenvalue weighted by molar-refractivity contribution is 5.69. The molecule has 0 unspecified atom stereocenters. The first-order valence-electron chi connectivity index (χ1n) is 9.70. The van der Waals surface area contributed by atoms with Gasteiger partial charge < -0.3 is 5.11 Å². The molecule has 0 saturated carbocycles. The van der Waals surface area contributed by atoms with Crippen LogP contribution in [0.25, 0.3) is 22.4 Å². The molecule has 1 heterocycles. The van der Waals surface area contributed by atoms with Gasteiger partial charge in [0.1, 0.15) is 6.42 Å². The highest BCUT2D eigenvalue weighted by Crippen LogP contribution is 2.25. The molecule has 0 bridgehead atoms. The summed E-state index contributed by atoms with van der Waals surface area (Å²) in [6, 6.07) is 24.9. The summed E-state index contributed by atoms with van der Waals surface area (Å²) in [6.07, 6.45) is 2.05. The van der Waals surface area contributed by atoms with Crippen molar-refractivity contribution in [2.75, 3.05) is 0 Å². The van der Waals surface area contributed by atoms with E-state index in [9.17, 15) is 9.90 Å². The lowest BCUT2D eigenvalue weighted by Crippen LogP contribution is -2.68. The molecular weight excluding hydrogens is 422 g/mol. The van der Waals surface area contributed by atoms with E-state index in [0.717, 1.165) is 24.1 Å². The van der Waals surface area contributed by atoms with Gasteiger partial charge in [-0.3, -0.25) is 4.79 Å². The number of carboxylic acids is 1. The molecule has 0 aliphatic rings. The fourth-order valence-electron chi connectivity index (χ4n) is 3.26. The van der Waals surface area contributed by atoms with Gasteiger partial charge in [0.05, 0.1) is 0 Å². The molecule has 3 rings (SSSR count). The van der Waals surface area contributed by atoms with Crippen LogP contribution >= 0.6 is 0 Å². The highest BCUT2D eigenvalue weighted by atomic mass is 35.7. The van der Waals surface area contributed by atoms with E-state index in [1.54, 1.807) is 0 Å². The van der Waals surface area contributed by atoms with Gasteiger partial charge in [-0.25, -0.2) is 18.6 Å². The number of pyridine rings is 1. The molecule has 0 fully saturated rings. The van der Waals surface area contributed by atoms with Gasteiger partial charge in [-0.05, 0) is 29.7 Å². The van der Waals surface area contributed by atoms with Crippen LogP contribution in [0.1, 0.15) is 25.5 Å². The van der Waals surface area contributed by atoms with Crippen molar-refractivity contribution in [1.29, 1.82) is 0 Å². The second-order valence-electron chi connectivity index (χ2n) is 6.78. The number of halogens is 1. The van der Waals surface area contributed by atoms with Gasteiger partial charge in [0.25, 0.3) is 0 Å². The van der Waals surface area contributed by atoms with Gasteiger partial charge in [-0.15, -0.1) is 10.2 Å². The summed E-state index contributed by atoms with van der Waals surface area (Å²) < 4.78 is 36.1. The molecule has 0 radical (unpaired) electrons. The SMILES string of the molecule is CCCc1cc(-c2ccccc2)cc(-c2ccccc2)[n+]1CCC(=O)O.[O-][Cl+3]([O-])([O-])[O-]. The normalized spacial score (nSPS) is 10.9. The number of aromatic nitrogens is 1. The molecule has 0 aliphatic heterocycles. The number of benzene rings is 2. The number of hydrogen-bond donors (Lipinski definition) is 1. The van der Waals surface area contributed by atoms with Gasteiger partial charge >= 0.3 is 5.97 Å². The molecular formula is C23H24ClNO6. The zero-order valence-electron chi connectivity index (χ0n) is 17.1. The number of carboxylic acid groups (broad SMARTS) is 1. The van der Waals surface area contributed by atoms with Crippen molar-refractivity contribution in [3.8, 4) is 22.4 Å². The van der Waals surface area contributed by atoms with Crippen LogP contribution in [0.3, 0.4) is 0 Å². The van der Waals surface area contributed by atoms with Gasteiger partial charge in [0.15, 0.2) is 12.2 Å². The number of rotatable bonds is 7. The number of aryl methyl sites for hydroxylation is 1. The van der Waals surface area contributed by atoms with Gasteiger partial charge in [0.2, 0.25) is 5.69 Å². The summed E-state index contributed by atoms with van der Waals surface area (Å²) in [4.78, 5) is 11.2. The van der Waals surface area contributed by atoms with E-state index in [-0.39, 0.29) is 6.42 Å². The lowest BCUT2D eigenvalue weighted by Gasteiger charge is -2.17. The number of hydrogen-bond acceptors (Lipinski definition) is 5. The van der Waals surface area contributed by atoms with Crippen LogP contribution in [0.4, 0.5) is 0 Å². The minimum Gasteiger partial charge on any atom is -0.481 e. The van der Waals surface area contributed by atoms with Crippen LogP contribution < -0.4 is 23.2 Å². The summed E-state index contributed by atoms with van der Waals surface area (Å²) in [6.45, 7) is 2.63. The third-order valence-electron chi connectivity index (χ3n) is 4.48. The third-order valence-corrected chi connectivity index (χ3v) is 4.48. The van der Waals surface area contributed by atoms with Crippen molar-refractivity contribution in [2.24, 2.45) is 0 Å². The Bertz CT molecular complexity index is 969. The van der Waals surface area contributed by atoms with E-state index in [1.165, 1.54) is 16.8 Å². The van der Waals surface area contributed by atoms with E-state index < -0.39 is 16.2 Å². The molecule has 2 aromatic carbocycles. The van der Waals surface area contributed by atoms with Gasteiger partial charge in [-0.1, -0.05) is 55.5 Å². The van der Waals surface area contributed by atoms with Gasteiger partial charge in [-0.2, -0.15) is 4.57 Å². The maximum absolute atomic E-state index is 11.2. The Morgan fingerprint density at radius 3 is 1.87 bits per heavy atom. The molecule has 0 amide bonds. The zero-order chi connectivity index (χ0) is 22.9. The van der Waals surface area contributed by atoms with Crippen LogP contribution in [-0.4, -0.2) is 11.1 Å². The van der Waals surface area contributed by atoms with Crippen LogP contribution in [0.5, 0.6) is 0 Å². The lowest BCUT2D eigenvalue weighted by molar-refractivity contribution is -2.00. The predicted octanol–water partition coefficient (Wildman–Crippen LogP) is -0.0207. The average Bonchev–Trinajstić information content (AvgIpc) is 2.72. The first-order valence-corrected chi connectivity index (χ1v) is 10.9. The Kier molecular flexibility index (Phi) is 9.11. The quantitative estimate of drug-likeness (QED) is 0.508. The minimum absolute atomic E-state index is 0.117. The molecule has 3 aromatic rings. The molecule has 0 atom stereocenters. The molecule has 31 heavy (non-hydrogen) atoms. The maximum atomic E-state index is 11.2. The van der Waals surface area contributed by atoms with Crippen LogP contribution in [-0.2, 0) is 17.8 Å². The maximum Gasteiger partial charge on any atom is 0.309 e. The molecule has 164 valence electrons. The standard InChI is InChI=1S/C23H23NO2.ClHO4/c1-2-9-21-16-20(18-10-5-3-6-11-18)17-22(19-12-7-4-8-13-19)24(21)15-14-23(25)26;2-1(3,4)5/h3-8,10-13,16-17H,2,9,14-15H2,1H3;(H,2,3,4,5). The van der Waals surface area contributed by atoms with Crippen molar-refractivity contribution in [3.63, 3.8) is 0 Å². The second kappa shape index (κ2) is 11.5. The third kappa shape index (κ3) is 8.45. The second-order valence-corrected chi connectivity index (χ2v) is 7.53. The van der Waals surface area contributed by atoms with E-state index in [1.807, 2.05) is 36.4 Å². The van der Waals surface area contributed by atoms with Gasteiger partial charge in [0, 0.05) is 24.1 Å². The Balaban J connectivity index is 0.000000614. The Labute approximate surface area is 183 Å². The van der Waals surface area contributed by atoms with Crippen molar-refractivity contribution >= 4 is 5.97 Å². The predicted molar refractivity (Wildman–Crippen MR) is 104 cm³/mol. The molecule has 0 saturated heterocycles. The van der Waals surface area contributed by atoms with Crippen LogP contribution in [0.15, 0.2) is 72.8 Å². The number of aliphatic carboxylic acids is 1. The topological polar surface area (TPSA) is 133 Å². The summed E-state index contributed by atoms with van der Waals surface area (Å²) in [7, 11) is -4.94. The summed E-state index contributed by atoms with van der Waals surface area (Å²) in [5, 5.41) is 9.18. The number of nitrogens with zero attached hydrogens (tertiary/aromatic N) is 1. The van der Waals surface area contributed by atoms with E-state index in [0.29, 0.717) is 6.54 Å². The van der Waals surface area contributed by atoms with E-state index in [2.05, 4.69) is 47.9 Å². The van der Waals surface area contributed by atoms with Crippen LogP contribution in [0.2, 0.25) is 0 Å². The first kappa shape index (κ1) is 24.5. The highest BCUT2D eigenvalue weighted by Gasteiger charge is 2.21. The molecule has 1 N–H and O–H groups in total. The Morgan fingerprint density at radius 2 is 1.39 bits per heavy atom. The van der Waals surface area contributed by atoms with Crippen molar-refractivity contribution < 1.29 is 43.3 Å². The monoisotopic (exact) mass is 445 g/mol. The first-order chi connectivity index (χ1) is 14.7. The molecule has 0 spiro atoms. The summed E-state index contributed by atoms with van der Waals surface area (Å²) in [5.74, 6) is -0.772. The van der Waals surface area contributed by atoms with Crippen molar-refractivity contribution in [2.45, 2.75) is 32.7 Å². The fraction of sp³-hybridized carbons (Fsp3) is 0.217. The van der Waals surface area contributed by atoms with E-state index >= 15 is 0 Å². The van der Waals surface area contributed by atoms with Crippen molar-refractivity contribution in [1.82, 2.24) is 0 Å². The molecule has 8 heteroatoms. The van der Waals surface area contributed by atoms with Crippen LogP contribution in [0, 0.1) is 10.2 Å². The summed E-state index contributed by atoms with van der Waals surface area (Å²) >= 11 is 0. The van der Waals surface area contributed by atoms with Crippen molar-refractivity contribution in [3.05, 3.63) is 78.5 Å². The summed E-state index contributed by atoms with van der Waals surface area (Å²) in [5.41, 5.74) is 5.69. The molecule has 0 aliphatic carbocycles. The molecule has 7 nitrogen and oxygen atoms in total. The Morgan fingerprint density at radius 1 is 0.871 bits per heavy atom. The number of carbonyl (C=O) groups is 1. The smallest absolute Gasteiger partial charge is 0.309 e. The minimum atomic E-state index is -4.94. The average molecular weight is 446 g/mol.